The highest BCUT2D eigenvalue weighted by molar-refractivity contribution is 6.05. The van der Waals surface area contributed by atoms with Gasteiger partial charge in [-0.05, 0) is 42.7 Å². The van der Waals surface area contributed by atoms with E-state index in [9.17, 15) is 19.2 Å². The van der Waals surface area contributed by atoms with E-state index < -0.39 is 11.9 Å². The van der Waals surface area contributed by atoms with E-state index in [0.29, 0.717) is 30.8 Å². The normalized spacial score (nSPS) is 18.1. The number of aryl methyl sites for hydroxylation is 1. The molecule has 1 unspecified atom stereocenters. The van der Waals surface area contributed by atoms with Crippen LogP contribution in [0, 0.1) is 6.92 Å². The van der Waals surface area contributed by atoms with Crippen molar-refractivity contribution >= 4 is 29.4 Å². The summed E-state index contributed by atoms with van der Waals surface area (Å²) in [6, 6.07) is 11.9. The van der Waals surface area contributed by atoms with Crippen molar-refractivity contribution in [3.8, 4) is 0 Å². The number of carbonyl (C=O) groups excluding carboxylic acids is 4. The molecule has 3 N–H and O–H groups in total. The molecule has 2 aromatic rings. The first-order valence-electron chi connectivity index (χ1n) is 9.79. The second kappa shape index (κ2) is 7.98. The average molecular weight is 406 g/mol. The number of hydrogen-bond donors (Lipinski definition) is 3. The van der Waals surface area contributed by atoms with Gasteiger partial charge in [0.1, 0.15) is 6.04 Å². The van der Waals surface area contributed by atoms with Crippen LogP contribution in [0.4, 0.5) is 10.5 Å². The van der Waals surface area contributed by atoms with Crippen molar-refractivity contribution < 1.29 is 19.2 Å². The van der Waals surface area contributed by atoms with Gasteiger partial charge >= 0.3 is 6.03 Å². The maximum absolute atomic E-state index is 12.7. The Labute approximate surface area is 173 Å². The van der Waals surface area contributed by atoms with E-state index in [1.165, 1.54) is 4.90 Å². The van der Waals surface area contributed by atoms with E-state index in [0.717, 1.165) is 16.7 Å². The summed E-state index contributed by atoms with van der Waals surface area (Å²) in [5.41, 5.74) is 4.03. The predicted octanol–water partition coefficient (Wildman–Crippen LogP) is 2.08. The first-order valence-corrected chi connectivity index (χ1v) is 9.79. The minimum Gasteiger partial charge on any atom is -0.334 e. The summed E-state index contributed by atoms with van der Waals surface area (Å²) in [6.45, 7) is 2.59. The number of urea groups is 1. The largest absolute Gasteiger partial charge is 0.334 e. The van der Waals surface area contributed by atoms with Gasteiger partial charge in [0, 0.05) is 30.8 Å². The maximum atomic E-state index is 12.7. The molecule has 0 radical (unpaired) electrons. The van der Waals surface area contributed by atoms with Gasteiger partial charge in [-0.3, -0.25) is 19.7 Å². The van der Waals surface area contributed by atoms with Gasteiger partial charge in [0.05, 0.1) is 0 Å². The van der Waals surface area contributed by atoms with E-state index in [1.807, 2.05) is 37.3 Å². The smallest absolute Gasteiger partial charge is 0.319 e. The Balaban J connectivity index is 1.38. The Hall–Kier alpha value is -3.68. The van der Waals surface area contributed by atoms with Gasteiger partial charge in [-0.25, -0.2) is 4.79 Å². The Bertz CT molecular complexity index is 1030. The van der Waals surface area contributed by atoms with Crippen LogP contribution in [0.3, 0.4) is 0 Å². The molecule has 2 aliphatic rings. The van der Waals surface area contributed by atoms with Crippen LogP contribution in [-0.2, 0) is 22.7 Å². The molecule has 0 aliphatic carbocycles. The molecule has 1 atom stereocenters. The molecule has 30 heavy (non-hydrogen) atoms. The molecule has 0 spiro atoms. The van der Waals surface area contributed by atoms with Crippen molar-refractivity contribution in [3.05, 3.63) is 64.7 Å². The van der Waals surface area contributed by atoms with E-state index in [-0.39, 0.29) is 24.3 Å². The number of fused-ring (bicyclic) bond motifs is 1. The van der Waals surface area contributed by atoms with Crippen molar-refractivity contribution in [2.75, 3.05) is 5.32 Å². The van der Waals surface area contributed by atoms with Gasteiger partial charge in [0.15, 0.2) is 0 Å². The van der Waals surface area contributed by atoms with E-state index in [2.05, 4.69) is 16.0 Å². The lowest BCUT2D eigenvalue weighted by molar-refractivity contribution is -0.136. The minimum absolute atomic E-state index is 0.212. The second-order valence-electron chi connectivity index (χ2n) is 7.57. The van der Waals surface area contributed by atoms with Crippen molar-refractivity contribution in [1.29, 1.82) is 0 Å². The number of benzene rings is 2. The lowest BCUT2D eigenvalue weighted by Crippen LogP contribution is -2.52. The zero-order valence-corrected chi connectivity index (χ0v) is 16.5. The van der Waals surface area contributed by atoms with Crippen LogP contribution in [0.2, 0.25) is 0 Å². The highest BCUT2D eigenvalue weighted by atomic mass is 16.2. The standard InChI is InChI=1S/C22H22N4O4/c1-13-2-5-16(6-3-13)24-22(30)23-11-14-4-7-17-15(10-14)12-26(21(17)29)18-8-9-19(27)25-20(18)28/h2-7,10,18H,8-9,11-12H2,1H3,(H2,23,24,30)(H,25,27,28). The Morgan fingerprint density at radius 1 is 1.13 bits per heavy atom. The molecule has 154 valence electrons. The SMILES string of the molecule is Cc1ccc(NC(=O)NCc2ccc3c(c2)CN(C2CCC(=O)NC2=O)C3=O)cc1. The number of nitrogens with one attached hydrogen (secondary N) is 3. The third-order valence-corrected chi connectivity index (χ3v) is 5.35. The van der Waals surface area contributed by atoms with Crippen molar-refractivity contribution in [1.82, 2.24) is 15.5 Å². The average Bonchev–Trinajstić information content (AvgIpc) is 3.04. The molecule has 4 rings (SSSR count). The summed E-state index contributed by atoms with van der Waals surface area (Å²) < 4.78 is 0. The third-order valence-electron chi connectivity index (χ3n) is 5.35. The van der Waals surface area contributed by atoms with Gasteiger partial charge in [-0.15, -0.1) is 0 Å². The molecule has 2 aromatic carbocycles. The van der Waals surface area contributed by atoms with Gasteiger partial charge in [0.2, 0.25) is 11.8 Å². The fraction of sp³-hybridized carbons (Fsp3) is 0.273. The quantitative estimate of drug-likeness (QED) is 0.676. The van der Waals surface area contributed by atoms with Crippen molar-refractivity contribution in [2.24, 2.45) is 0 Å². The van der Waals surface area contributed by atoms with Crippen LogP contribution in [-0.4, -0.2) is 34.7 Å². The fourth-order valence-corrected chi connectivity index (χ4v) is 3.73. The van der Waals surface area contributed by atoms with Crippen LogP contribution in [0.15, 0.2) is 42.5 Å². The number of imide groups is 1. The highest BCUT2D eigenvalue weighted by Crippen LogP contribution is 2.28. The van der Waals surface area contributed by atoms with E-state index >= 15 is 0 Å². The number of piperidine rings is 1. The van der Waals surface area contributed by atoms with Crippen LogP contribution >= 0.6 is 0 Å². The predicted molar refractivity (Wildman–Crippen MR) is 110 cm³/mol. The van der Waals surface area contributed by atoms with Crippen molar-refractivity contribution in [2.45, 2.75) is 38.9 Å². The number of carbonyl (C=O) groups is 4. The van der Waals surface area contributed by atoms with Gasteiger partial charge in [-0.1, -0.05) is 29.8 Å². The zero-order valence-electron chi connectivity index (χ0n) is 16.5. The molecule has 0 aromatic heterocycles. The van der Waals surface area contributed by atoms with E-state index in [1.54, 1.807) is 12.1 Å². The van der Waals surface area contributed by atoms with Gasteiger partial charge in [-0.2, -0.15) is 0 Å². The number of amides is 5. The molecule has 5 amide bonds. The zero-order chi connectivity index (χ0) is 21.3. The Morgan fingerprint density at radius 2 is 1.90 bits per heavy atom. The number of nitrogens with zero attached hydrogens (tertiary/aromatic N) is 1. The summed E-state index contributed by atoms with van der Waals surface area (Å²) >= 11 is 0. The van der Waals surface area contributed by atoms with Gasteiger partial charge < -0.3 is 15.5 Å². The summed E-state index contributed by atoms with van der Waals surface area (Å²) in [4.78, 5) is 49.8. The third kappa shape index (κ3) is 4.03. The van der Waals surface area contributed by atoms with Crippen LogP contribution in [0.5, 0.6) is 0 Å². The minimum atomic E-state index is -0.635. The Kier molecular flexibility index (Phi) is 5.22. The maximum Gasteiger partial charge on any atom is 0.319 e. The fourth-order valence-electron chi connectivity index (χ4n) is 3.73. The number of hydrogen-bond acceptors (Lipinski definition) is 4. The molecule has 0 saturated carbocycles. The summed E-state index contributed by atoms with van der Waals surface area (Å²) in [7, 11) is 0. The van der Waals surface area contributed by atoms with E-state index in [4.69, 9.17) is 0 Å². The Morgan fingerprint density at radius 3 is 2.63 bits per heavy atom. The molecule has 1 fully saturated rings. The molecule has 8 nitrogen and oxygen atoms in total. The number of rotatable bonds is 4. The lowest BCUT2D eigenvalue weighted by Gasteiger charge is -2.29. The first-order chi connectivity index (χ1) is 14.4. The van der Waals surface area contributed by atoms with Gasteiger partial charge in [0.25, 0.3) is 5.91 Å². The monoisotopic (exact) mass is 406 g/mol. The molecule has 2 heterocycles. The number of anilines is 1. The lowest BCUT2D eigenvalue weighted by atomic mass is 10.0. The highest BCUT2D eigenvalue weighted by Gasteiger charge is 2.39. The molecular formula is C22H22N4O4. The molecule has 0 bridgehead atoms. The molecule has 1 saturated heterocycles. The molecular weight excluding hydrogens is 384 g/mol. The van der Waals surface area contributed by atoms with Crippen molar-refractivity contribution in [3.63, 3.8) is 0 Å². The molecule has 8 heteroatoms. The first kappa shape index (κ1) is 19.6. The van der Waals surface area contributed by atoms with Crippen LogP contribution in [0.25, 0.3) is 0 Å². The summed E-state index contributed by atoms with van der Waals surface area (Å²) in [5, 5.41) is 7.87. The van der Waals surface area contributed by atoms with Crippen LogP contribution < -0.4 is 16.0 Å². The summed E-state index contributed by atoms with van der Waals surface area (Å²) in [6.07, 6.45) is 0.555. The topological polar surface area (TPSA) is 108 Å². The summed E-state index contributed by atoms with van der Waals surface area (Å²) in [5.74, 6) is -0.948. The van der Waals surface area contributed by atoms with Crippen LogP contribution in [0.1, 0.15) is 39.9 Å². The second-order valence-corrected chi connectivity index (χ2v) is 7.57. The molecule has 2 aliphatic heterocycles.